The predicted molar refractivity (Wildman–Crippen MR) is 76.9 cm³/mol. The Hall–Kier alpha value is -0.780. The molecule has 1 saturated heterocycles. The molecule has 21 heavy (non-hydrogen) atoms. The minimum Gasteiger partial charge on any atom is -0.352 e. The number of alkyl halides is 3. The number of halogens is 3. The van der Waals surface area contributed by atoms with Crippen LogP contribution in [0.2, 0.25) is 0 Å². The van der Waals surface area contributed by atoms with Crippen LogP contribution < -0.4 is 5.32 Å². The zero-order valence-corrected chi connectivity index (χ0v) is 13.5. The second kappa shape index (κ2) is 6.55. The van der Waals surface area contributed by atoms with Crippen molar-refractivity contribution in [3.63, 3.8) is 0 Å². The monoisotopic (exact) mass is 308 g/mol. The maximum absolute atomic E-state index is 12.6. The lowest BCUT2D eigenvalue weighted by atomic mass is 9.89. The molecule has 0 aliphatic carbocycles. The van der Waals surface area contributed by atoms with Gasteiger partial charge in [0.05, 0.1) is 0 Å². The molecule has 2 atom stereocenters. The largest absolute Gasteiger partial charge is 0.389 e. The molecule has 2 unspecified atom stereocenters. The summed E-state index contributed by atoms with van der Waals surface area (Å²) in [5.41, 5.74) is -0.528. The van der Waals surface area contributed by atoms with Crippen molar-refractivity contribution in [3.05, 3.63) is 0 Å². The maximum atomic E-state index is 12.6. The molecule has 1 heterocycles. The van der Waals surface area contributed by atoms with Crippen LogP contribution in [-0.4, -0.2) is 42.2 Å². The number of nitrogens with one attached hydrogen (secondary N) is 1. The average Bonchev–Trinajstić information content (AvgIpc) is 2.24. The van der Waals surface area contributed by atoms with E-state index in [1.165, 1.54) is 0 Å². The summed E-state index contributed by atoms with van der Waals surface area (Å²) in [4.78, 5) is 14.1. The fourth-order valence-electron chi connectivity index (χ4n) is 2.64. The topological polar surface area (TPSA) is 32.3 Å². The minimum atomic E-state index is -4.15. The van der Waals surface area contributed by atoms with Gasteiger partial charge in [-0.2, -0.15) is 13.2 Å². The fraction of sp³-hybridized carbons (Fsp3) is 0.933. The van der Waals surface area contributed by atoms with Crippen LogP contribution in [0.3, 0.4) is 0 Å². The second-order valence-electron chi connectivity index (χ2n) is 7.39. The summed E-state index contributed by atoms with van der Waals surface area (Å²) >= 11 is 0. The van der Waals surface area contributed by atoms with E-state index in [4.69, 9.17) is 0 Å². The molecule has 1 aliphatic heterocycles. The summed E-state index contributed by atoms with van der Waals surface area (Å²) in [6.07, 6.45) is -4.54. The molecule has 0 aromatic heterocycles. The Bertz CT molecular complexity index is 361. The molecule has 0 aromatic rings. The summed E-state index contributed by atoms with van der Waals surface area (Å²) < 4.78 is 37.9. The molecule has 1 N–H and O–H groups in total. The smallest absolute Gasteiger partial charge is 0.352 e. The van der Waals surface area contributed by atoms with E-state index >= 15 is 0 Å². The van der Waals surface area contributed by atoms with Crippen LogP contribution in [0.25, 0.3) is 0 Å². The van der Waals surface area contributed by atoms with Crippen molar-refractivity contribution in [2.24, 2.45) is 11.3 Å². The summed E-state index contributed by atoms with van der Waals surface area (Å²) in [6.45, 7) is 10.4. The lowest BCUT2D eigenvalue weighted by molar-refractivity contribution is -0.149. The molecule has 1 fully saturated rings. The van der Waals surface area contributed by atoms with Gasteiger partial charge in [-0.1, -0.05) is 20.8 Å². The molecule has 0 spiro atoms. The van der Waals surface area contributed by atoms with Crippen molar-refractivity contribution < 1.29 is 18.0 Å². The normalized spacial score (nSPS) is 25.2. The molecule has 1 rings (SSSR count). The van der Waals surface area contributed by atoms with E-state index in [0.717, 1.165) is 0 Å². The number of rotatable bonds is 3. The van der Waals surface area contributed by atoms with E-state index in [1.807, 2.05) is 18.7 Å². The number of hydrogen-bond acceptors (Lipinski definition) is 2. The van der Waals surface area contributed by atoms with Crippen LogP contribution in [0, 0.1) is 11.3 Å². The highest BCUT2D eigenvalue weighted by molar-refractivity contribution is 5.81. The highest BCUT2D eigenvalue weighted by Gasteiger charge is 2.38. The Kier molecular flexibility index (Phi) is 5.69. The molecule has 124 valence electrons. The lowest BCUT2D eigenvalue weighted by Crippen LogP contribution is -2.54. The standard InChI is InChI=1S/C15H27F3N2O/c1-10(2)20-8-11(7-15(16,17)18)6-12(9-20)19-13(21)14(3,4)5/h10-12H,6-9H2,1-5H3,(H,19,21). The molecule has 6 heteroatoms. The van der Waals surface area contributed by atoms with Gasteiger partial charge in [0.25, 0.3) is 0 Å². The second-order valence-corrected chi connectivity index (χ2v) is 7.39. The molecule has 1 aliphatic rings. The maximum Gasteiger partial charge on any atom is 0.389 e. The van der Waals surface area contributed by atoms with Crippen LogP contribution in [0.1, 0.15) is 47.5 Å². The molecule has 0 aromatic carbocycles. The third kappa shape index (κ3) is 6.24. The van der Waals surface area contributed by atoms with Gasteiger partial charge in [0, 0.05) is 37.0 Å². The number of piperidine rings is 1. The van der Waals surface area contributed by atoms with Crippen LogP contribution in [0.5, 0.6) is 0 Å². The molecule has 0 saturated carbocycles. The predicted octanol–water partition coefficient (Wildman–Crippen LogP) is 3.20. The summed E-state index contributed by atoms with van der Waals surface area (Å²) in [6, 6.07) is -0.0321. The number of hydrogen-bond donors (Lipinski definition) is 1. The van der Waals surface area contributed by atoms with Gasteiger partial charge in [0.1, 0.15) is 0 Å². The first kappa shape index (κ1) is 18.3. The Morgan fingerprint density at radius 2 is 1.81 bits per heavy atom. The molecule has 1 amide bonds. The van der Waals surface area contributed by atoms with Gasteiger partial charge < -0.3 is 5.32 Å². The van der Waals surface area contributed by atoms with Gasteiger partial charge >= 0.3 is 6.18 Å². The van der Waals surface area contributed by atoms with Gasteiger partial charge in [-0.25, -0.2) is 0 Å². The van der Waals surface area contributed by atoms with Crippen molar-refractivity contribution in [2.45, 2.75) is 65.7 Å². The first-order valence-corrected chi connectivity index (χ1v) is 7.50. The van der Waals surface area contributed by atoms with E-state index in [1.54, 1.807) is 20.8 Å². The van der Waals surface area contributed by atoms with Crippen molar-refractivity contribution in [2.75, 3.05) is 13.1 Å². The van der Waals surface area contributed by atoms with Crippen LogP contribution >= 0.6 is 0 Å². The molecular weight excluding hydrogens is 281 g/mol. The number of carbonyl (C=O) groups excluding carboxylic acids is 1. The van der Waals surface area contributed by atoms with E-state index in [2.05, 4.69) is 5.32 Å². The number of amides is 1. The highest BCUT2D eigenvalue weighted by Crippen LogP contribution is 2.31. The first-order chi connectivity index (χ1) is 9.38. The number of nitrogens with zero attached hydrogens (tertiary/aromatic N) is 1. The van der Waals surface area contributed by atoms with Crippen LogP contribution in [0.4, 0.5) is 13.2 Å². The van der Waals surface area contributed by atoms with Gasteiger partial charge in [-0.3, -0.25) is 9.69 Å². The summed E-state index contributed by atoms with van der Waals surface area (Å²) in [5, 5.41) is 2.91. The van der Waals surface area contributed by atoms with E-state index in [-0.39, 0.29) is 18.0 Å². The van der Waals surface area contributed by atoms with Crippen LogP contribution in [0.15, 0.2) is 0 Å². The van der Waals surface area contributed by atoms with E-state index in [9.17, 15) is 18.0 Å². The molecule has 3 nitrogen and oxygen atoms in total. The third-order valence-corrected chi connectivity index (χ3v) is 3.83. The number of carbonyl (C=O) groups is 1. The summed E-state index contributed by atoms with van der Waals surface area (Å²) in [7, 11) is 0. The Morgan fingerprint density at radius 1 is 1.24 bits per heavy atom. The highest BCUT2D eigenvalue weighted by atomic mass is 19.4. The quantitative estimate of drug-likeness (QED) is 0.868. The minimum absolute atomic E-state index is 0.108. The van der Waals surface area contributed by atoms with E-state index < -0.39 is 23.9 Å². The molecule has 0 bridgehead atoms. The van der Waals surface area contributed by atoms with Crippen molar-refractivity contribution in [1.82, 2.24) is 10.2 Å². The van der Waals surface area contributed by atoms with Gasteiger partial charge in [0.15, 0.2) is 0 Å². The Balaban J connectivity index is 2.73. The zero-order chi connectivity index (χ0) is 16.4. The lowest BCUT2D eigenvalue weighted by Gasteiger charge is -2.41. The summed E-state index contributed by atoms with van der Waals surface area (Å²) in [5.74, 6) is -0.560. The van der Waals surface area contributed by atoms with Crippen LogP contribution in [-0.2, 0) is 4.79 Å². The number of likely N-dealkylation sites (tertiary alicyclic amines) is 1. The SMILES string of the molecule is CC(C)N1CC(CC(F)(F)F)CC(NC(=O)C(C)(C)C)C1. The van der Waals surface area contributed by atoms with Crippen molar-refractivity contribution >= 4 is 5.91 Å². The average molecular weight is 308 g/mol. The molecule has 0 radical (unpaired) electrons. The Morgan fingerprint density at radius 3 is 2.24 bits per heavy atom. The van der Waals surface area contributed by atoms with Gasteiger partial charge in [-0.05, 0) is 26.2 Å². The van der Waals surface area contributed by atoms with Gasteiger partial charge in [-0.15, -0.1) is 0 Å². The molecular formula is C15H27F3N2O. The zero-order valence-electron chi connectivity index (χ0n) is 13.5. The fourth-order valence-corrected chi connectivity index (χ4v) is 2.64. The van der Waals surface area contributed by atoms with Gasteiger partial charge in [0.2, 0.25) is 5.91 Å². The third-order valence-electron chi connectivity index (χ3n) is 3.83. The first-order valence-electron chi connectivity index (χ1n) is 7.50. The van der Waals surface area contributed by atoms with E-state index in [0.29, 0.717) is 19.5 Å². The Labute approximate surface area is 125 Å². The van der Waals surface area contributed by atoms with Crippen molar-refractivity contribution in [1.29, 1.82) is 0 Å². The van der Waals surface area contributed by atoms with Crippen molar-refractivity contribution in [3.8, 4) is 0 Å².